The summed E-state index contributed by atoms with van der Waals surface area (Å²) >= 11 is 0. The molecule has 1 aliphatic heterocycles. The predicted octanol–water partition coefficient (Wildman–Crippen LogP) is 3.34. The number of rotatable bonds is 4. The van der Waals surface area contributed by atoms with Crippen LogP contribution in [0.4, 0.5) is 0 Å². The van der Waals surface area contributed by atoms with Crippen LogP contribution >= 0.6 is 0 Å². The average Bonchev–Trinajstić information content (AvgIpc) is 2.71. The summed E-state index contributed by atoms with van der Waals surface area (Å²) in [6.45, 7) is 5.23. The predicted molar refractivity (Wildman–Crippen MR) is 121 cm³/mol. The highest BCUT2D eigenvalue weighted by atomic mass is 16.2. The monoisotopic (exact) mass is 410 g/mol. The molecule has 0 saturated carbocycles. The number of nitrogens with one attached hydrogen (secondary N) is 2. The Morgan fingerprint density at radius 1 is 0.724 bits per heavy atom. The van der Waals surface area contributed by atoms with Crippen LogP contribution in [-0.2, 0) is 9.59 Å². The first-order valence-corrected chi connectivity index (χ1v) is 12.2. The van der Waals surface area contributed by atoms with Gasteiger partial charge in [0.05, 0.1) is 0 Å². The number of carbonyl (C=O) groups excluding carboxylic acids is 2. The molecule has 1 rings (SSSR count). The zero-order valence-electron chi connectivity index (χ0n) is 18.7. The highest BCUT2D eigenvalue weighted by Gasteiger charge is 2.12. The standard InChI is InChI=1S/C23H46N4O2/c24-16-9-12-20-27-21-13-18-25-17-10-5-6-11-19-26-22(28)14-7-3-1-2-4-8-15-23(27)29/h25H,1-21,24H2,(H,26,28). The van der Waals surface area contributed by atoms with Crippen molar-refractivity contribution in [3.63, 3.8) is 0 Å². The molecule has 4 N–H and O–H groups in total. The van der Waals surface area contributed by atoms with Crippen LogP contribution < -0.4 is 16.4 Å². The SMILES string of the molecule is NCCCCN1CCCNCCCCCCNC(=O)CCCCCCCCC1=O. The molecule has 170 valence electrons. The maximum atomic E-state index is 12.6. The Hall–Kier alpha value is -1.14. The van der Waals surface area contributed by atoms with Crippen molar-refractivity contribution in [2.45, 2.75) is 96.3 Å². The third-order valence-corrected chi connectivity index (χ3v) is 5.66. The maximum absolute atomic E-state index is 12.6. The van der Waals surface area contributed by atoms with E-state index in [9.17, 15) is 9.59 Å². The molecular weight excluding hydrogens is 364 g/mol. The van der Waals surface area contributed by atoms with E-state index in [2.05, 4.69) is 15.5 Å². The van der Waals surface area contributed by atoms with Crippen LogP contribution in [0.3, 0.4) is 0 Å². The molecule has 6 heteroatoms. The zero-order chi connectivity index (χ0) is 21.0. The first kappa shape index (κ1) is 25.9. The molecule has 2 amide bonds. The molecule has 1 aliphatic rings. The molecule has 1 heterocycles. The molecule has 0 radical (unpaired) electrons. The lowest BCUT2D eigenvalue weighted by atomic mass is 10.1. The number of amides is 2. The van der Waals surface area contributed by atoms with Crippen LogP contribution in [0.15, 0.2) is 0 Å². The van der Waals surface area contributed by atoms with Gasteiger partial charge in [0.1, 0.15) is 0 Å². The largest absolute Gasteiger partial charge is 0.356 e. The van der Waals surface area contributed by atoms with Gasteiger partial charge in [0.15, 0.2) is 0 Å². The summed E-state index contributed by atoms with van der Waals surface area (Å²) in [6.07, 6.45) is 15.4. The van der Waals surface area contributed by atoms with Gasteiger partial charge in [-0.3, -0.25) is 9.59 Å². The molecule has 29 heavy (non-hydrogen) atoms. The molecule has 0 aromatic rings. The summed E-state index contributed by atoms with van der Waals surface area (Å²) in [5, 5.41) is 6.55. The summed E-state index contributed by atoms with van der Waals surface area (Å²) in [5.74, 6) is 0.509. The lowest BCUT2D eigenvalue weighted by Crippen LogP contribution is -2.34. The minimum atomic E-state index is 0.203. The van der Waals surface area contributed by atoms with Crippen molar-refractivity contribution >= 4 is 11.8 Å². The van der Waals surface area contributed by atoms with Crippen LogP contribution in [0.5, 0.6) is 0 Å². The third kappa shape index (κ3) is 15.4. The summed E-state index contributed by atoms with van der Waals surface area (Å²) in [7, 11) is 0. The van der Waals surface area contributed by atoms with Gasteiger partial charge in [-0.05, 0) is 64.6 Å². The Morgan fingerprint density at radius 3 is 2.10 bits per heavy atom. The second-order valence-electron chi connectivity index (χ2n) is 8.37. The number of nitrogens with two attached hydrogens (primary N) is 1. The van der Waals surface area contributed by atoms with Gasteiger partial charge >= 0.3 is 0 Å². The van der Waals surface area contributed by atoms with E-state index in [1.807, 2.05) is 0 Å². The van der Waals surface area contributed by atoms with E-state index < -0.39 is 0 Å². The van der Waals surface area contributed by atoms with E-state index in [0.717, 1.165) is 96.9 Å². The van der Waals surface area contributed by atoms with Gasteiger partial charge in [-0.2, -0.15) is 0 Å². The van der Waals surface area contributed by atoms with Gasteiger partial charge in [-0.15, -0.1) is 0 Å². The second-order valence-corrected chi connectivity index (χ2v) is 8.37. The van der Waals surface area contributed by atoms with Gasteiger partial charge in [0.25, 0.3) is 0 Å². The first-order valence-electron chi connectivity index (χ1n) is 12.2. The number of nitrogens with zero attached hydrogens (tertiary/aromatic N) is 1. The fourth-order valence-corrected chi connectivity index (χ4v) is 3.80. The topological polar surface area (TPSA) is 87.5 Å². The van der Waals surface area contributed by atoms with Crippen LogP contribution in [-0.4, -0.2) is 56.0 Å². The van der Waals surface area contributed by atoms with Gasteiger partial charge in [0, 0.05) is 32.5 Å². The van der Waals surface area contributed by atoms with Crippen molar-refractivity contribution in [1.82, 2.24) is 15.5 Å². The Kier molecular flexibility index (Phi) is 16.8. The highest BCUT2D eigenvalue weighted by Crippen LogP contribution is 2.11. The quantitative estimate of drug-likeness (QED) is 0.620. The maximum Gasteiger partial charge on any atom is 0.222 e. The van der Waals surface area contributed by atoms with Crippen molar-refractivity contribution in [2.75, 3.05) is 39.3 Å². The molecule has 6 nitrogen and oxygen atoms in total. The second kappa shape index (κ2) is 18.9. The van der Waals surface area contributed by atoms with Crippen molar-refractivity contribution < 1.29 is 9.59 Å². The van der Waals surface area contributed by atoms with E-state index in [0.29, 0.717) is 25.3 Å². The third-order valence-electron chi connectivity index (χ3n) is 5.66. The lowest BCUT2D eigenvalue weighted by Gasteiger charge is -2.23. The molecule has 0 bridgehead atoms. The zero-order valence-corrected chi connectivity index (χ0v) is 18.7. The van der Waals surface area contributed by atoms with Gasteiger partial charge in [-0.25, -0.2) is 0 Å². The van der Waals surface area contributed by atoms with E-state index in [1.165, 1.54) is 19.3 Å². The summed E-state index contributed by atoms with van der Waals surface area (Å²) in [6, 6.07) is 0. The molecule has 1 fully saturated rings. The molecule has 0 aromatic carbocycles. The molecule has 0 aliphatic carbocycles. The minimum absolute atomic E-state index is 0.203. The van der Waals surface area contributed by atoms with Gasteiger partial charge < -0.3 is 21.3 Å². The van der Waals surface area contributed by atoms with Crippen molar-refractivity contribution in [3.05, 3.63) is 0 Å². The summed E-state index contributed by atoms with van der Waals surface area (Å²) in [5.41, 5.74) is 5.61. The molecule has 1 saturated heterocycles. The number of hydrogen-bond acceptors (Lipinski definition) is 4. The highest BCUT2D eigenvalue weighted by molar-refractivity contribution is 5.76. The molecule has 0 aromatic heterocycles. The van der Waals surface area contributed by atoms with Crippen LogP contribution in [0.2, 0.25) is 0 Å². The first-order chi connectivity index (χ1) is 14.2. The minimum Gasteiger partial charge on any atom is -0.356 e. The van der Waals surface area contributed by atoms with Gasteiger partial charge in [-0.1, -0.05) is 38.5 Å². The Labute approximate surface area is 178 Å². The van der Waals surface area contributed by atoms with E-state index in [1.54, 1.807) is 0 Å². The molecular formula is C23H46N4O2. The smallest absolute Gasteiger partial charge is 0.222 e. The lowest BCUT2D eigenvalue weighted by molar-refractivity contribution is -0.131. The van der Waals surface area contributed by atoms with Crippen molar-refractivity contribution in [1.29, 1.82) is 0 Å². The fourth-order valence-electron chi connectivity index (χ4n) is 3.80. The number of carbonyl (C=O) groups is 2. The van der Waals surface area contributed by atoms with E-state index >= 15 is 0 Å². The normalized spacial score (nSPS) is 21.1. The average molecular weight is 411 g/mol. The summed E-state index contributed by atoms with van der Waals surface area (Å²) < 4.78 is 0. The molecule has 0 atom stereocenters. The van der Waals surface area contributed by atoms with Gasteiger partial charge in [0.2, 0.25) is 11.8 Å². The Bertz CT molecular complexity index is 418. The van der Waals surface area contributed by atoms with E-state index in [-0.39, 0.29) is 5.91 Å². The Balaban J connectivity index is 2.37. The number of hydrogen-bond donors (Lipinski definition) is 3. The van der Waals surface area contributed by atoms with Crippen LogP contribution in [0, 0.1) is 0 Å². The van der Waals surface area contributed by atoms with Crippen LogP contribution in [0.1, 0.15) is 96.3 Å². The molecule has 0 unspecified atom stereocenters. The van der Waals surface area contributed by atoms with Crippen LogP contribution in [0.25, 0.3) is 0 Å². The van der Waals surface area contributed by atoms with Crippen molar-refractivity contribution in [3.8, 4) is 0 Å². The molecule has 0 spiro atoms. The number of unbranched alkanes of at least 4 members (excludes halogenated alkanes) is 1. The fraction of sp³-hybridized carbons (Fsp3) is 0.913. The van der Waals surface area contributed by atoms with E-state index in [4.69, 9.17) is 5.73 Å². The van der Waals surface area contributed by atoms with Crippen molar-refractivity contribution in [2.24, 2.45) is 5.73 Å². The summed E-state index contributed by atoms with van der Waals surface area (Å²) in [4.78, 5) is 26.5. The Morgan fingerprint density at radius 2 is 1.34 bits per heavy atom.